The van der Waals surface area contributed by atoms with Gasteiger partial charge in [-0.1, -0.05) is 36.1 Å². The zero-order valence-corrected chi connectivity index (χ0v) is 18.2. The Kier molecular flexibility index (Phi) is 7.54. The first-order valence-corrected chi connectivity index (χ1v) is 10.7. The highest BCUT2D eigenvalue weighted by Crippen LogP contribution is 2.32. The number of hydrogen-bond donors (Lipinski definition) is 1. The fourth-order valence-corrected chi connectivity index (χ4v) is 4.05. The van der Waals surface area contributed by atoms with E-state index in [2.05, 4.69) is 5.32 Å². The van der Waals surface area contributed by atoms with Crippen LogP contribution in [0.25, 0.3) is 6.08 Å². The van der Waals surface area contributed by atoms with E-state index in [-0.39, 0.29) is 37.2 Å². The maximum atomic E-state index is 13.0. The molecule has 1 aliphatic rings. The van der Waals surface area contributed by atoms with Crippen molar-refractivity contribution in [2.24, 2.45) is 0 Å². The lowest BCUT2D eigenvalue weighted by atomic mass is 10.2. The van der Waals surface area contributed by atoms with E-state index in [0.29, 0.717) is 26.0 Å². The van der Waals surface area contributed by atoms with Crippen molar-refractivity contribution in [3.63, 3.8) is 0 Å². The average molecular weight is 459 g/mol. The van der Waals surface area contributed by atoms with Gasteiger partial charge in [-0.25, -0.2) is 9.18 Å². The number of benzene rings is 2. The maximum absolute atomic E-state index is 13.0. The second-order valence-electron chi connectivity index (χ2n) is 6.48. The number of carbonyl (C=O) groups is 3. The maximum Gasteiger partial charge on any atom is 0.338 e. The molecule has 0 atom stereocenters. The topological polar surface area (TPSA) is 75.7 Å². The normalized spacial score (nSPS) is 14.8. The molecule has 0 radical (unpaired) electrons. The van der Waals surface area contributed by atoms with Gasteiger partial charge in [0.25, 0.3) is 5.91 Å². The van der Waals surface area contributed by atoms with Crippen molar-refractivity contribution in [2.75, 3.05) is 18.5 Å². The molecule has 0 unspecified atom stereocenters. The van der Waals surface area contributed by atoms with Gasteiger partial charge >= 0.3 is 5.97 Å². The number of rotatable bonds is 7. The summed E-state index contributed by atoms with van der Waals surface area (Å²) < 4.78 is 18.3. The van der Waals surface area contributed by atoms with Crippen LogP contribution >= 0.6 is 24.0 Å². The highest BCUT2D eigenvalue weighted by Gasteiger charge is 2.32. The Hall–Kier alpha value is -3.04. The molecule has 0 aromatic heterocycles. The van der Waals surface area contributed by atoms with Crippen LogP contribution in [-0.2, 0) is 14.3 Å². The minimum atomic E-state index is -0.427. The zero-order valence-electron chi connectivity index (χ0n) is 16.6. The molecule has 2 aromatic rings. The number of thiocarbonyl (C=S) groups is 1. The molecule has 2 amide bonds. The fraction of sp³-hybridized carbons (Fsp3) is 0.182. The Morgan fingerprint density at radius 1 is 1.16 bits per heavy atom. The lowest BCUT2D eigenvalue weighted by Gasteiger charge is -2.14. The molecular weight excluding hydrogens is 439 g/mol. The van der Waals surface area contributed by atoms with E-state index in [1.54, 1.807) is 49.4 Å². The van der Waals surface area contributed by atoms with Crippen LogP contribution < -0.4 is 5.32 Å². The lowest BCUT2D eigenvalue weighted by Crippen LogP contribution is -2.31. The number of halogens is 1. The molecule has 1 aliphatic heterocycles. The van der Waals surface area contributed by atoms with Gasteiger partial charge in [0.1, 0.15) is 10.1 Å². The lowest BCUT2D eigenvalue weighted by molar-refractivity contribution is -0.122. The van der Waals surface area contributed by atoms with Gasteiger partial charge in [0.05, 0.1) is 17.1 Å². The summed E-state index contributed by atoms with van der Waals surface area (Å²) in [6.07, 6.45) is 1.69. The van der Waals surface area contributed by atoms with Crippen molar-refractivity contribution in [1.82, 2.24) is 4.90 Å². The number of esters is 1. The Labute approximate surface area is 188 Å². The highest BCUT2D eigenvalue weighted by atomic mass is 32.2. The number of amides is 2. The summed E-state index contributed by atoms with van der Waals surface area (Å²) in [5.41, 5.74) is 1.61. The van der Waals surface area contributed by atoms with Crippen LogP contribution in [-0.4, -0.2) is 40.2 Å². The number of carbonyl (C=O) groups excluding carboxylic acids is 3. The van der Waals surface area contributed by atoms with Crippen LogP contribution in [0.5, 0.6) is 0 Å². The van der Waals surface area contributed by atoms with Gasteiger partial charge in [-0.3, -0.25) is 14.5 Å². The predicted molar refractivity (Wildman–Crippen MR) is 122 cm³/mol. The number of hydrogen-bond acceptors (Lipinski definition) is 6. The smallest absolute Gasteiger partial charge is 0.338 e. The van der Waals surface area contributed by atoms with Crippen molar-refractivity contribution in [3.8, 4) is 0 Å². The third-order valence-electron chi connectivity index (χ3n) is 4.28. The minimum absolute atomic E-state index is 0.0515. The molecule has 1 N–H and O–H groups in total. The number of ether oxygens (including phenoxy) is 1. The number of nitrogens with zero attached hydrogens (tertiary/aromatic N) is 1. The van der Waals surface area contributed by atoms with Crippen molar-refractivity contribution in [3.05, 3.63) is 70.4 Å². The van der Waals surface area contributed by atoms with Crippen LogP contribution in [0.4, 0.5) is 10.1 Å². The molecular formula is C22H19FN2O4S2. The van der Waals surface area contributed by atoms with Crippen molar-refractivity contribution < 1.29 is 23.5 Å². The second-order valence-corrected chi connectivity index (χ2v) is 8.16. The monoisotopic (exact) mass is 458 g/mol. The van der Waals surface area contributed by atoms with Gasteiger partial charge < -0.3 is 10.1 Å². The fourth-order valence-electron chi connectivity index (χ4n) is 2.74. The first-order valence-electron chi connectivity index (χ1n) is 9.45. The van der Waals surface area contributed by atoms with Crippen molar-refractivity contribution in [2.45, 2.75) is 13.3 Å². The molecule has 6 nitrogen and oxygen atoms in total. The first kappa shape index (κ1) is 22.6. The summed E-state index contributed by atoms with van der Waals surface area (Å²) >= 11 is 6.41. The molecule has 31 heavy (non-hydrogen) atoms. The van der Waals surface area contributed by atoms with Crippen LogP contribution in [0, 0.1) is 5.82 Å². The van der Waals surface area contributed by atoms with E-state index in [4.69, 9.17) is 17.0 Å². The summed E-state index contributed by atoms with van der Waals surface area (Å²) in [5, 5.41) is 2.72. The Bertz CT molecular complexity index is 1040. The Morgan fingerprint density at radius 2 is 1.84 bits per heavy atom. The minimum Gasteiger partial charge on any atom is -0.462 e. The quantitative estimate of drug-likeness (QED) is 0.380. The van der Waals surface area contributed by atoms with Gasteiger partial charge in [0.2, 0.25) is 5.91 Å². The van der Waals surface area contributed by atoms with Crippen LogP contribution in [0.3, 0.4) is 0 Å². The van der Waals surface area contributed by atoms with Crippen LogP contribution in [0.15, 0.2) is 53.4 Å². The number of nitrogens with one attached hydrogen (secondary N) is 1. The summed E-state index contributed by atoms with van der Waals surface area (Å²) in [6.45, 7) is 2.15. The Balaban J connectivity index is 1.55. The highest BCUT2D eigenvalue weighted by molar-refractivity contribution is 8.26. The van der Waals surface area contributed by atoms with Gasteiger partial charge in [-0.15, -0.1) is 0 Å². The summed E-state index contributed by atoms with van der Waals surface area (Å²) in [7, 11) is 0. The van der Waals surface area contributed by atoms with Crippen LogP contribution in [0.2, 0.25) is 0 Å². The van der Waals surface area contributed by atoms with Gasteiger partial charge in [0.15, 0.2) is 0 Å². The third kappa shape index (κ3) is 5.99. The van der Waals surface area contributed by atoms with Crippen molar-refractivity contribution in [1.29, 1.82) is 0 Å². The molecule has 160 valence electrons. The molecule has 2 aromatic carbocycles. The molecule has 9 heteroatoms. The third-order valence-corrected chi connectivity index (χ3v) is 5.66. The molecule has 1 fully saturated rings. The van der Waals surface area contributed by atoms with Crippen molar-refractivity contribution >= 4 is 57.8 Å². The van der Waals surface area contributed by atoms with Gasteiger partial charge in [0, 0.05) is 18.7 Å². The average Bonchev–Trinajstić information content (AvgIpc) is 3.01. The van der Waals surface area contributed by atoms with E-state index in [1.165, 1.54) is 17.0 Å². The predicted octanol–water partition coefficient (Wildman–Crippen LogP) is 4.23. The first-order chi connectivity index (χ1) is 14.9. The molecule has 1 saturated heterocycles. The van der Waals surface area contributed by atoms with Gasteiger partial charge in [-0.05, 0) is 55.0 Å². The molecule has 3 rings (SSSR count). The van der Waals surface area contributed by atoms with Gasteiger partial charge in [-0.2, -0.15) is 0 Å². The summed E-state index contributed by atoms with van der Waals surface area (Å²) in [5.74, 6) is -1.36. The molecule has 1 heterocycles. The zero-order chi connectivity index (χ0) is 22.4. The number of anilines is 1. The Morgan fingerprint density at radius 3 is 2.48 bits per heavy atom. The van der Waals surface area contributed by atoms with E-state index < -0.39 is 5.97 Å². The van der Waals surface area contributed by atoms with E-state index in [0.717, 1.165) is 11.8 Å². The SMILES string of the molecule is CCOC(=O)c1ccc(NC(=O)CCN2C(=O)/C(=C\c3ccc(F)cc3)SC2=S)cc1. The standard InChI is InChI=1S/C22H19FN2O4S2/c1-2-29-21(28)15-5-9-17(10-6-15)24-19(26)11-12-25-20(27)18(31-22(25)30)13-14-3-7-16(23)8-4-14/h3-10,13H,2,11-12H2,1H3,(H,24,26)/b18-13+. The summed E-state index contributed by atoms with van der Waals surface area (Å²) in [4.78, 5) is 38.3. The van der Waals surface area contributed by atoms with E-state index in [1.807, 2.05) is 0 Å². The van der Waals surface area contributed by atoms with E-state index in [9.17, 15) is 18.8 Å². The second kappa shape index (κ2) is 10.3. The number of thioether (sulfide) groups is 1. The van der Waals surface area contributed by atoms with E-state index >= 15 is 0 Å². The molecule has 0 bridgehead atoms. The summed E-state index contributed by atoms with van der Waals surface area (Å²) in [6, 6.07) is 12.1. The largest absolute Gasteiger partial charge is 0.462 e. The molecule has 0 aliphatic carbocycles. The molecule has 0 saturated carbocycles. The van der Waals surface area contributed by atoms with Crippen LogP contribution in [0.1, 0.15) is 29.3 Å². The molecule has 0 spiro atoms.